The van der Waals surface area contributed by atoms with Gasteiger partial charge in [-0.15, -0.1) is 0 Å². The first-order valence-corrected chi connectivity index (χ1v) is 9.29. The predicted molar refractivity (Wildman–Crippen MR) is 99.3 cm³/mol. The fourth-order valence-electron chi connectivity index (χ4n) is 3.69. The minimum Gasteiger partial charge on any atom is -0.341 e. The van der Waals surface area contributed by atoms with E-state index in [9.17, 15) is 4.79 Å². The van der Waals surface area contributed by atoms with Gasteiger partial charge in [-0.3, -0.25) is 9.89 Å². The van der Waals surface area contributed by atoms with Gasteiger partial charge in [0.25, 0.3) is 0 Å². The monoisotopic (exact) mass is 340 g/mol. The number of carbonyl (C=O) groups excluding carboxylic acids is 1. The molecule has 2 heterocycles. The number of H-pyrrole nitrogens is 1. The Labute approximate surface area is 149 Å². The van der Waals surface area contributed by atoms with Gasteiger partial charge >= 0.3 is 0 Å². The summed E-state index contributed by atoms with van der Waals surface area (Å²) in [5.74, 6) is 0.544. The van der Waals surface area contributed by atoms with Crippen molar-refractivity contribution in [2.24, 2.45) is 5.73 Å². The summed E-state index contributed by atoms with van der Waals surface area (Å²) in [4.78, 5) is 14.3. The molecule has 1 aromatic heterocycles. The molecule has 0 unspecified atom stereocenters. The van der Waals surface area contributed by atoms with Crippen LogP contribution >= 0.6 is 0 Å². The van der Waals surface area contributed by atoms with E-state index in [-0.39, 0.29) is 11.9 Å². The van der Waals surface area contributed by atoms with Crippen molar-refractivity contribution in [3.8, 4) is 0 Å². The first-order chi connectivity index (χ1) is 12.2. The molecule has 3 rings (SSSR count). The summed E-state index contributed by atoms with van der Waals surface area (Å²) in [5, 5.41) is 7.48. The molecule has 5 heteroatoms. The highest BCUT2D eigenvalue weighted by Crippen LogP contribution is 2.30. The number of hydrogen-bond donors (Lipinski definition) is 2. The molecule has 0 radical (unpaired) electrons. The Kier molecular flexibility index (Phi) is 5.87. The summed E-state index contributed by atoms with van der Waals surface area (Å²) in [6.07, 6.45) is 6.48. The lowest BCUT2D eigenvalue weighted by atomic mass is 9.89. The van der Waals surface area contributed by atoms with Crippen LogP contribution in [0.2, 0.25) is 0 Å². The first kappa shape index (κ1) is 17.7. The van der Waals surface area contributed by atoms with Gasteiger partial charge in [0.05, 0.1) is 12.2 Å². The van der Waals surface area contributed by atoms with E-state index in [0.717, 1.165) is 45.2 Å². The van der Waals surface area contributed by atoms with Gasteiger partial charge in [0.15, 0.2) is 0 Å². The number of amides is 1. The molecular formula is C20H28N4O. The van der Waals surface area contributed by atoms with Crippen LogP contribution in [0.1, 0.15) is 55.3 Å². The smallest absolute Gasteiger partial charge is 0.239 e. The molecule has 2 aromatic rings. The van der Waals surface area contributed by atoms with Crippen molar-refractivity contribution in [1.29, 1.82) is 0 Å². The number of hydrogen-bond acceptors (Lipinski definition) is 3. The van der Waals surface area contributed by atoms with Crippen LogP contribution in [0.25, 0.3) is 0 Å². The Balaban J connectivity index is 1.60. The Morgan fingerprint density at radius 1 is 1.32 bits per heavy atom. The highest BCUT2D eigenvalue weighted by Gasteiger charge is 2.28. The molecule has 1 atom stereocenters. The molecule has 0 bridgehead atoms. The fourth-order valence-corrected chi connectivity index (χ4v) is 3.69. The van der Waals surface area contributed by atoms with E-state index in [1.807, 2.05) is 17.2 Å². The van der Waals surface area contributed by atoms with E-state index in [0.29, 0.717) is 5.92 Å². The molecule has 0 aliphatic carbocycles. The number of carbonyl (C=O) groups is 1. The Hall–Kier alpha value is -2.14. The Bertz CT molecular complexity index is 674. The molecule has 1 aliphatic rings. The van der Waals surface area contributed by atoms with Gasteiger partial charge in [-0.1, -0.05) is 43.7 Å². The maximum atomic E-state index is 12.4. The number of rotatable bonds is 6. The van der Waals surface area contributed by atoms with Crippen LogP contribution in [0.4, 0.5) is 0 Å². The van der Waals surface area contributed by atoms with Crippen LogP contribution in [0.15, 0.2) is 36.5 Å². The van der Waals surface area contributed by atoms with Crippen molar-refractivity contribution in [1.82, 2.24) is 15.1 Å². The third-order valence-electron chi connectivity index (χ3n) is 5.12. The normalized spacial score (nSPS) is 16.8. The van der Waals surface area contributed by atoms with Crippen LogP contribution in [-0.2, 0) is 11.2 Å². The van der Waals surface area contributed by atoms with Crippen LogP contribution in [-0.4, -0.2) is 40.1 Å². The van der Waals surface area contributed by atoms with Gasteiger partial charge in [0, 0.05) is 31.1 Å². The van der Waals surface area contributed by atoms with Gasteiger partial charge in [-0.05, 0) is 30.4 Å². The van der Waals surface area contributed by atoms with E-state index >= 15 is 0 Å². The zero-order chi connectivity index (χ0) is 17.6. The number of aromatic nitrogens is 2. The largest absolute Gasteiger partial charge is 0.341 e. The highest BCUT2D eigenvalue weighted by molar-refractivity contribution is 5.81. The molecule has 1 fully saturated rings. The summed E-state index contributed by atoms with van der Waals surface area (Å²) in [6.45, 7) is 3.63. The number of aromatic amines is 1. The fraction of sp³-hybridized carbons (Fsp3) is 0.500. The van der Waals surface area contributed by atoms with Crippen LogP contribution in [0, 0.1) is 0 Å². The van der Waals surface area contributed by atoms with Crippen molar-refractivity contribution in [3.63, 3.8) is 0 Å². The molecule has 3 N–H and O–H groups in total. The second kappa shape index (κ2) is 8.30. The standard InChI is InChI=1S/C20H28N4O/c1-2-6-18(21)20(25)24-11-9-16(10-12-24)19-17(14-22-23-19)13-15-7-4-3-5-8-15/h3-5,7-8,14,16,18H,2,6,9-13,21H2,1H3,(H,22,23)/t18-/m0/s1. The molecule has 0 spiro atoms. The van der Waals surface area contributed by atoms with E-state index in [1.54, 1.807) is 0 Å². The summed E-state index contributed by atoms with van der Waals surface area (Å²) in [7, 11) is 0. The maximum absolute atomic E-state index is 12.4. The van der Waals surface area contributed by atoms with E-state index < -0.39 is 0 Å². The first-order valence-electron chi connectivity index (χ1n) is 9.29. The Morgan fingerprint density at radius 3 is 2.72 bits per heavy atom. The molecule has 5 nitrogen and oxygen atoms in total. The van der Waals surface area contributed by atoms with E-state index in [2.05, 4.69) is 41.4 Å². The van der Waals surface area contributed by atoms with Crippen LogP contribution in [0.5, 0.6) is 0 Å². The van der Waals surface area contributed by atoms with Crippen molar-refractivity contribution < 1.29 is 4.79 Å². The van der Waals surface area contributed by atoms with Crippen molar-refractivity contribution >= 4 is 5.91 Å². The lowest BCUT2D eigenvalue weighted by molar-refractivity contribution is -0.133. The van der Waals surface area contributed by atoms with Gasteiger partial charge in [0.2, 0.25) is 5.91 Å². The minimum atomic E-state index is -0.345. The van der Waals surface area contributed by atoms with E-state index in [4.69, 9.17) is 5.73 Å². The zero-order valence-corrected chi connectivity index (χ0v) is 14.9. The molecular weight excluding hydrogens is 312 g/mol. The number of likely N-dealkylation sites (tertiary alicyclic amines) is 1. The molecule has 1 saturated heterocycles. The molecule has 1 aliphatic heterocycles. The third kappa shape index (κ3) is 4.28. The van der Waals surface area contributed by atoms with Crippen molar-refractivity contribution in [2.75, 3.05) is 13.1 Å². The average Bonchev–Trinajstić information content (AvgIpc) is 3.10. The zero-order valence-electron chi connectivity index (χ0n) is 14.9. The minimum absolute atomic E-state index is 0.106. The number of piperidine rings is 1. The third-order valence-corrected chi connectivity index (χ3v) is 5.12. The molecule has 25 heavy (non-hydrogen) atoms. The van der Waals surface area contributed by atoms with Crippen molar-refractivity contribution in [2.45, 2.75) is 51.0 Å². The number of nitrogens with one attached hydrogen (secondary N) is 1. The number of benzene rings is 1. The van der Waals surface area contributed by atoms with Gasteiger partial charge < -0.3 is 10.6 Å². The second-order valence-electron chi connectivity index (χ2n) is 6.97. The van der Waals surface area contributed by atoms with Gasteiger partial charge in [-0.25, -0.2) is 0 Å². The summed E-state index contributed by atoms with van der Waals surface area (Å²) < 4.78 is 0. The predicted octanol–water partition coefficient (Wildman–Crippen LogP) is 2.83. The van der Waals surface area contributed by atoms with E-state index in [1.165, 1.54) is 16.8 Å². The quantitative estimate of drug-likeness (QED) is 0.849. The summed E-state index contributed by atoms with van der Waals surface area (Å²) >= 11 is 0. The summed E-state index contributed by atoms with van der Waals surface area (Å²) in [5.41, 5.74) is 9.78. The average molecular weight is 340 g/mol. The summed E-state index contributed by atoms with van der Waals surface area (Å²) in [6, 6.07) is 10.1. The molecule has 0 saturated carbocycles. The molecule has 134 valence electrons. The van der Waals surface area contributed by atoms with Gasteiger partial charge in [0.1, 0.15) is 0 Å². The topological polar surface area (TPSA) is 75.0 Å². The molecule has 1 amide bonds. The number of nitrogens with two attached hydrogens (primary N) is 1. The lowest BCUT2D eigenvalue weighted by Gasteiger charge is -2.33. The van der Waals surface area contributed by atoms with Crippen LogP contribution < -0.4 is 5.73 Å². The van der Waals surface area contributed by atoms with Crippen LogP contribution in [0.3, 0.4) is 0 Å². The molecule has 1 aromatic carbocycles. The van der Waals surface area contributed by atoms with Crippen molar-refractivity contribution in [3.05, 3.63) is 53.3 Å². The lowest BCUT2D eigenvalue weighted by Crippen LogP contribution is -2.46. The SMILES string of the molecule is CCC[C@H](N)C(=O)N1CCC(c2[nH]ncc2Cc2ccccc2)CC1. The highest BCUT2D eigenvalue weighted by atomic mass is 16.2. The number of nitrogens with zero attached hydrogens (tertiary/aromatic N) is 2. The Morgan fingerprint density at radius 2 is 2.04 bits per heavy atom. The maximum Gasteiger partial charge on any atom is 0.239 e. The second-order valence-corrected chi connectivity index (χ2v) is 6.97. The van der Waals surface area contributed by atoms with Gasteiger partial charge in [-0.2, -0.15) is 5.10 Å².